The quantitative estimate of drug-likeness (QED) is 0.851. The summed E-state index contributed by atoms with van der Waals surface area (Å²) >= 11 is 0. The lowest BCUT2D eigenvalue weighted by Gasteiger charge is -2.39. The fourth-order valence-corrected chi connectivity index (χ4v) is 3.65. The molecule has 2 atom stereocenters. The zero-order chi connectivity index (χ0) is 13.4. The zero-order valence-corrected chi connectivity index (χ0v) is 12.0. The molecular weight excluding hydrogens is 222 g/mol. The molecular formula is C16H25NO. The summed E-state index contributed by atoms with van der Waals surface area (Å²) in [5, 5.41) is 12.4. The highest BCUT2D eigenvalue weighted by molar-refractivity contribution is 5.43. The number of benzene rings is 1. The third-order valence-corrected chi connectivity index (χ3v) is 4.50. The zero-order valence-electron chi connectivity index (χ0n) is 12.0. The second-order valence-electron chi connectivity index (χ2n) is 5.91. The largest absolute Gasteiger partial charge is 0.312 e. The Labute approximate surface area is 111 Å². The molecule has 18 heavy (non-hydrogen) atoms. The van der Waals surface area contributed by atoms with Gasteiger partial charge in [0.15, 0.2) is 0 Å². The Morgan fingerprint density at radius 3 is 1.67 bits per heavy atom. The van der Waals surface area contributed by atoms with Crippen LogP contribution in [0.5, 0.6) is 0 Å². The van der Waals surface area contributed by atoms with Crippen molar-refractivity contribution in [2.75, 3.05) is 0 Å². The lowest BCUT2D eigenvalue weighted by Crippen LogP contribution is -2.46. The molecule has 1 aromatic carbocycles. The second kappa shape index (κ2) is 4.67. The molecule has 1 aliphatic heterocycles. The Bertz CT molecular complexity index is 392. The van der Waals surface area contributed by atoms with Crippen LogP contribution in [-0.4, -0.2) is 10.3 Å². The molecule has 0 saturated heterocycles. The van der Waals surface area contributed by atoms with Crippen molar-refractivity contribution < 1.29 is 5.21 Å². The minimum atomic E-state index is -0.241. The van der Waals surface area contributed by atoms with Crippen molar-refractivity contribution in [2.45, 2.75) is 64.5 Å². The molecule has 2 heteroatoms. The maximum absolute atomic E-state index is 10.8. The normalized spacial score (nSPS) is 31.6. The molecule has 0 bridgehead atoms. The number of hydrogen-bond acceptors (Lipinski definition) is 2. The highest BCUT2D eigenvalue weighted by Gasteiger charge is 2.52. The van der Waals surface area contributed by atoms with Crippen LogP contribution in [0.4, 0.5) is 0 Å². The number of fused-ring (bicyclic) bond motifs is 1. The third-order valence-electron chi connectivity index (χ3n) is 4.50. The minimum Gasteiger partial charge on any atom is -0.312 e. The molecule has 0 amide bonds. The molecule has 0 saturated carbocycles. The molecule has 2 nitrogen and oxygen atoms in total. The van der Waals surface area contributed by atoms with Crippen LogP contribution in [-0.2, 0) is 11.1 Å². The van der Waals surface area contributed by atoms with Gasteiger partial charge in [-0.1, -0.05) is 51.0 Å². The molecule has 0 spiro atoms. The van der Waals surface area contributed by atoms with Crippen LogP contribution in [0, 0.1) is 0 Å². The van der Waals surface area contributed by atoms with Crippen LogP contribution in [0.25, 0.3) is 0 Å². The molecule has 1 aliphatic rings. The number of hydroxylamine groups is 2. The highest BCUT2D eigenvalue weighted by Crippen LogP contribution is 2.52. The van der Waals surface area contributed by atoms with Crippen molar-refractivity contribution >= 4 is 0 Å². The molecule has 100 valence electrons. The van der Waals surface area contributed by atoms with Crippen LogP contribution < -0.4 is 0 Å². The predicted molar refractivity (Wildman–Crippen MR) is 74.6 cm³/mol. The first-order valence-corrected chi connectivity index (χ1v) is 7.10. The van der Waals surface area contributed by atoms with Gasteiger partial charge in [0.25, 0.3) is 0 Å². The van der Waals surface area contributed by atoms with Gasteiger partial charge in [0, 0.05) is 0 Å². The standard InChI is InChI=1S/C16H25NO/c1-5-11-15(3)13-9-7-8-10-14(13)16(4,12-6-2)17(15)18/h7-10,18H,5-6,11-12H2,1-4H3. The molecule has 1 N–H and O–H groups in total. The molecule has 0 aliphatic carbocycles. The maximum Gasteiger partial charge on any atom is 0.0693 e. The maximum atomic E-state index is 10.8. The van der Waals surface area contributed by atoms with Gasteiger partial charge in [-0.05, 0) is 37.8 Å². The van der Waals surface area contributed by atoms with E-state index in [1.165, 1.54) is 11.1 Å². The van der Waals surface area contributed by atoms with Crippen molar-refractivity contribution in [1.29, 1.82) is 0 Å². The van der Waals surface area contributed by atoms with Crippen molar-refractivity contribution in [3.63, 3.8) is 0 Å². The van der Waals surface area contributed by atoms with Gasteiger partial charge in [-0.15, -0.1) is 0 Å². The number of rotatable bonds is 4. The van der Waals surface area contributed by atoms with Crippen molar-refractivity contribution in [1.82, 2.24) is 5.06 Å². The molecule has 1 aromatic rings. The molecule has 1 heterocycles. The summed E-state index contributed by atoms with van der Waals surface area (Å²) < 4.78 is 0. The van der Waals surface area contributed by atoms with Crippen molar-refractivity contribution in [3.8, 4) is 0 Å². The SMILES string of the molecule is CCCC1(C)c2ccccc2C(C)(CCC)N1O. The van der Waals surface area contributed by atoms with E-state index >= 15 is 0 Å². The monoisotopic (exact) mass is 247 g/mol. The van der Waals surface area contributed by atoms with Gasteiger partial charge < -0.3 is 5.21 Å². The second-order valence-corrected chi connectivity index (χ2v) is 5.91. The Morgan fingerprint density at radius 2 is 1.33 bits per heavy atom. The van der Waals surface area contributed by atoms with Crippen LogP contribution in [0.2, 0.25) is 0 Å². The van der Waals surface area contributed by atoms with E-state index in [1.807, 2.05) is 0 Å². The fourth-order valence-electron chi connectivity index (χ4n) is 3.65. The van der Waals surface area contributed by atoms with Gasteiger partial charge in [-0.2, -0.15) is 5.06 Å². The summed E-state index contributed by atoms with van der Waals surface area (Å²) in [5.74, 6) is 0. The van der Waals surface area contributed by atoms with Gasteiger partial charge in [-0.25, -0.2) is 0 Å². The van der Waals surface area contributed by atoms with E-state index in [4.69, 9.17) is 0 Å². The molecule has 0 aromatic heterocycles. The first-order chi connectivity index (χ1) is 8.50. The van der Waals surface area contributed by atoms with Crippen LogP contribution >= 0.6 is 0 Å². The van der Waals surface area contributed by atoms with E-state index < -0.39 is 0 Å². The van der Waals surface area contributed by atoms with Gasteiger partial charge in [0.1, 0.15) is 0 Å². The van der Waals surface area contributed by atoms with Gasteiger partial charge in [0.2, 0.25) is 0 Å². The molecule has 2 rings (SSSR count). The number of hydrogen-bond donors (Lipinski definition) is 1. The smallest absolute Gasteiger partial charge is 0.0693 e. The molecule has 0 fully saturated rings. The van der Waals surface area contributed by atoms with E-state index in [1.54, 1.807) is 5.06 Å². The Kier molecular flexibility index (Phi) is 3.52. The average Bonchev–Trinajstić information content (AvgIpc) is 2.52. The average molecular weight is 247 g/mol. The summed E-state index contributed by atoms with van der Waals surface area (Å²) in [5.41, 5.74) is 2.11. The topological polar surface area (TPSA) is 23.5 Å². The van der Waals surface area contributed by atoms with Crippen molar-refractivity contribution in [3.05, 3.63) is 35.4 Å². The van der Waals surface area contributed by atoms with E-state index in [0.29, 0.717) is 0 Å². The van der Waals surface area contributed by atoms with Gasteiger partial charge in [0.05, 0.1) is 11.1 Å². The minimum absolute atomic E-state index is 0.241. The summed E-state index contributed by atoms with van der Waals surface area (Å²) in [6.45, 7) is 8.68. The summed E-state index contributed by atoms with van der Waals surface area (Å²) in [7, 11) is 0. The van der Waals surface area contributed by atoms with Crippen LogP contribution in [0.1, 0.15) is 64.5 Å². The van der Waals surface area contributed by atoms with E-state index in [0.717, 1.165) is 25.7 Å². The summed E-state index contributed by atoms with van der Waals surface area (Å²) in [6, 6.07) is 8.51. The van der Waals surface area contributed by atoms with Gasteiger partial charge >= 0.3 is 0 Å². The summed E-state index contributed by atoms with van der Waals surface area (Å²) in [4.78, 5) is 0. The molecule has 0 radical (unpaired) electrons. The third kappa shape index (κ3) is 1.70. The first-order valence-electron chi connectivity index (χ1n) is 7.10. The number of nitrogens with zero attached hydrogens (tertiary/aromatic N) is 1. The first kappa shape index (κ1) is 13.6. The van der Waals surface area contributed by atoms with Crippen molar-refractivity contribution in [2.24, 2.45) is 0 Å². The highest BCUT2D eigenvalue weighted by atomic mass is 16.5. The van der Waals surface area contributed by atoms with E-state index in [2.05, 4.69) is 52.0 Å². The molecule has 2 unspecified atom stereocenters. The van der Waals surface area contributed by atoms with E-state index in [-0.39, 0.29) is 11.1 Å². The lowest BCUT2D eigenvalue weighted by molar-refractivity contribution is -0.231. The van der Waals surface area contributed by atoms with Crippen LogP contribution in [0.15, 0.2) is 24.3 Å². The van der Waals surface area contributed by atoms with Crippen LogP contribution in [0.3, 0.4) is 0 Å². The summed E-state index contributed by atoms with van der Waals surface area (Å²) in [6.07, 6.45) is 4.12. The van der Waals surface area contributed by atoms with E-state index in [9.17, 15) is 5.21 Å². The van der Waals surface area contributed by atoms with Gasteiger partial charge in [-0.3, -0.25) is 0 Å². The Hall–Kier alpha value is -0.860. The predicted octanol–water partition coefficient (Wildman–Crippen LogP) is 4.42. The Morgan fingerprint density at radius 1 is 0.944 bits per heavy atom. The lowest BCUT2D eigenvalue weighted by atomic mass is 9.85. The Balaban J connectivity index is 2.56. The fraction of sp³-hybridized carbons (Fsp3) is 0.625.